The molecule has 0 aliphatic rings. The summed E-state index contributed by atoms with van der Waals surface area (Å²) < 4.78 is 0. The maximum atomic E-state index is 12.7. The fourth-order valence-electron chi connectivity index (χ4n) is 2.64. The topological polar surface area (TPSA) is 113 Å². The smallest absolute Gasteiger partial charge is 0.286 e. The quantitative estimate of drug-likeness (QED) is 0.217. The lowest BCUT2D eigenvalue weighted by atomic mass is 10.2. The fraction of sp³-hybridized carbons (Fsp3) is 0. The molecule has 0 radical (unpaired) electrons. The van der Waals surface area contributed by atoms with Crippen LogP contribution >= 0.6 is 0 Å². The Morgan fingerprint density at radius 2 is 1.47 bits per heavy atom. The van der Waals surface area contributed by atoms with Gasteiger partial charge in [-0.1, -0.05) is 60.7 Å². The number of carbonyl (C=O) groups excluding carboxylic acids is 2. The Hall–Kier alpha value is -4.72. The van der Waals surface area contributed by atoms with E-state index < -0.39 is 16.7 Å². The van der Waals surface area contributed by atoms with Gasteiger partial charge < -0.3 is 5.32 Å². The van der Waals surface area contributed by atoms with E-state index in [0.29, 0.717) is 11.3 Å². The molecule has 0 saturated heterocycles. The molecule has 0 aliphatic heterocycles. The number of nitrogens with zero attached hydrogens (tertiary/aromatic N) is 1. The Balaban J connectivity index is 1.73. The van der Waals surface area contributed by atoms with Crippen molar-refractivity contribution in [1.82, 2.24) is 10.7 Å². The second-order valence-corrected chi connectivity index (χ2v) is 6.55. The van der Waals surface area contributed by atoms with Crippen molar-refractivity contribution in [2.24, 2.45) is 0 Å². The van der Waals surface area contributed by atoms with Crippen molar-refractivity contribution in [3.05, 3.63) is 124 Å². The van der Waals surface area contributed by atoms with E-state index in [0.717, 1.165) is 5.56 Å². The number of nitro benzene ring substituents is 1. The van der Waals surface area contributed by atoms with Gasteiger partial charge in [0.05, 0.1) is 10.6 Å². The van der Waals surface area contributed by atoms with Crippen LogP contribution in [0.15, 0.2) is 103 Å². The highest BCUT2D eigenvalue weighted by Crippen LogP contribution is 2.14. The van der Waals surface area contributed by atoms with Gasteiger partial charge in [0.25, 0.3) is 17.5 Å². The van der Waals surface area contributed by atoms with Gasteiger partial charge in [0.1, 0.15) is 5.70 Å². The van der Waals surface area contributed by atoms with Gasteiger partial charge >= 0.3 is 0 Å². The zero-order valence-corrected chi connectivity index (χ0v) is 16.9. The Labute approximate surface area is 184 Å². The number of hydrazine groups is 1. The first-order valence-electron chi connectivity index (χ1n) is 9.63. The molecule has 0 unspecified atom stereocenters. The molecule has 8 nitrogen and oxygen atoms in total. The maximum absolute atomic E-state index is 12.7. The molecule has 3 aromatic rings. The molecule has 0 aliphatic carbocycles. The lowest BCUT2D eigenvalue weighted by Gasteiger charge is -2.12. The van der Waals surface area contributed by atoms with Gasteiger partial charge in [0.2, 0.25) is 0 Å². The van der Waals surface area contributed by atoms with Gasteiger partial charge in [-0.05, 0) is 35.9 Å². The third kappa shape index (κ3) is 6.39. The number of nitrogens with one attached hydrogen (secondary N) is 3. The molecule has 0 spiro atoms. The molecule has 3 rings (SSSR count). The van der Waals surface area contributed by atoms with Gasteiger partial charge in [-0.3, -0.25) is 30.6 Å². The molecule has 2 amide bonds. The Morgan fingerprint density at radius 3 is 2.09 bits per heavy atom. The second kappa shape index (κ2) is 10.9. The van der Waals surface area contributed by atoms with Crippen LogP contribution < -0.4 is 16.2 Å². The number of non-ortho nitro benzene ring substituents is 1. The Morgan fingerprint density at radius 1 is 0.844 bits per heavy atom. The van der Waals surface area contributed by atoms with Crippen LogP contribution in [0.2, 0.25) is 0 Å². The minimum Gasteiger partial charge on any atom is -0.317 e. The summed E-state index contributed by atoms with van der Waals surface area (Å²) in [5.41, 5.74) is 6.88. The van der Waals surface area contributed by atoms with Gasteiger partial charge in [0, 0.05) is 17.7 Å². The number of anilines is 1. The van der Waals surface area contributed by atoms with Crippen LogP contribution in [0.4, 0.5) is 11.4 Å². The highest BCUT2D eigenvalue weighted by molar-refractivity contribution is 6.03. The summed E-state index contributed by atoms with van der Waals surface area (Å²) in [4.78, 5) is 35.5. The number of amides is 2. The van der Waals surface area contributed by atoms with Crippen molar-refractivity contribution in [2.45, 2.75) is 0 Å². The van der Waals surface area contributed by atoms with Crippen LogP contribution in [0.1, 0.15) is 15.9 Å². The first-order chi connectivity index (χ1) is 15.5. The van der Waals surface area contributed by atoms with E-state index in [1.54, 1.807) is 42.5 Å². The zero-order valence-electron chi connectivity index (χ0n) is 16.9. The third-order valence-corrected chi connectivity index (χ3v) is 4.28. The number of nitro groups is 1. The molecular formula is C24H20N4O4. The highest BCUT2D eigenvalue weighted by Gasteiger charge is 2.14. The van der Waals surface area contributed by atoms with Gasteiger partial charge in [-0.25, -0.2) is 0 Å². The molecule has 0 fully saturated rings. The number of benzene rings is 3. The lowest BCUT2D eigenvalue weighted by Crippen LogP contribution is -2.37. The molecule has 0 heterocycles. The number of carbonyl (C=O) groups is 2. The summed E-state index contributed by atoms with van der Waals surface area (Å²) in [5.74, 6) is -1.03. The summed E-state index contributed by atoms with van der Waals surface area (Å²) >= 11 is 0. The van der Waals surface area contributed by atoms with Crippen LogP contribution in [0.25, 0.3) is 6.08 Å². The predicted octanol–water partition coefficient (Wildman–Crippen LogP) is 4.07. The van der Waals surface area contributed by atoms with E-state index in [2.05, 4.69) is 16.2 Å². The van der Waals surface area contributed by atoms with Crippen molar-refractivity contribution >= 4 is 29.3 Å². The number of hydrogen-bond donors (Lipinski definition) is 3. The van der Waals surface area contributed by atoms with Crippen molar-refractivity contribution in [3.8, 4) is 0 Å². The Kier molecular flexibility index (Phi) is 7.48. The average Bonchev–Trinajstić information content (AvgIpc) is 2.83. The predicted molar refractivity (Wildman–Crippen MR) is 122 cm³/mol. The molecule has 160 valence electrons. The van der Waals surface area contributed by atoms with Crippen molar-refractivity contribution < 1.29 is 14.5 Å². The van der Waals surface area contributed by atoms with Gasteiger partial charge in [-0.2, -0.15) is 0 Å². The van der Waals surface area contributed by atoms with E-state index in [-0.39, 0.29) is 11.4 Å². The van der Waals surface area contributed by atoms with E-state index in [1.807, 2.05) is 30.3 Å². The van der Waals surface area contributed by atoms with E-state index in [4.69, 9.17) is 0 Å². The molecule has 8 heteroatoms. The monoisotopic (exact) mass is 428 g/mol. The van der Waals surface area contributed by atoms with Crippen LogP contribution in [0, 0.1) is 10.1 Å². The largest absolute Gasteiger partial charge is 0.317 e. The summed E-state index contributed by atoms with van der Waals surface area (Å²) in [7, 11) is 0. The Bertz CT molecular complexity index is 1140. The molecule has 32 heavy (non-hydrogen) atoms. The van der Waals surface area contributed by atoms with E-state index in [1.165, 1.54) is 30.3 Å². The SMILES string of the molecule is O=C(NNc1ccc([N+](=O)[O-])cc1)/C(=C\C=C\c1ccccc1)NC(=O)c1ccccc1. The molecule has 3 aromatic carbocycles. The zero-order chi connectivity index (χ0) is 22.8. The van der Waals surface area contributed by atoms with Crippen molar-refractivity contribution in [1.29, 1.82) is 0 Å². The molecule has 0 aromatic heterocycles. The summed E-state index contributed by atoms with van der Waals surface area (Å²) in [6.45, 7) is 0. The average molecular weight is 428 g/mol. The molecule has 0 atom stereocenters. The first-order valence-corrected chi connectivity index (χ1v) is 9.63. The van der Waals surface area contributed by atoms with E-state index in [9.17, 15) is 19.7 Å². The summed E-state index contributed by atoms with van der Waals surface area (Å²) in [5, 5.41) is 13.4. The van der Waals surface area contributed by atoms with Crippen LogP contribution in [0.3, 0.4) is 0 Å². The normalized spacial score (nSPS) is 11.1. The minimum atomic E-state index is -0.592. The summed E-state index contributed by atoms with van der Waals surface area (Å²) in [6.07, 6.45) is 4.94. The molecular weight excluding hydrogens is 408 g/mol. The first kappa shape index (κ1) is 22.0. The van der Waals surface area contributed by atoms with Gasteiger partial charge in [-0.15, -0.1) is 0 Å². The minimum absolute atomic E-state index is 0.0143. The van der Waals surface area contributed by atoms with E-state index >= 15 is 0 Å². The van der Waals surface area contributed by atoms with Crippen molar-refractivity contribution in [2.75, 3.05) is 5.43 Å². The van der Waals surface area contributed by atoms with Crippen LogP contribution in [0.5, 0.6) is 0 Å². The highest BCUT2D eigenvalue weighted by atomic mass is 16.6. The third-order valence-electron chi connectivity index (χ3n) is 4.28. The van der Waals surface area contributed by atoms with Gasteiger partial charge in [0.15, 0.2) is 0 Å². The molecule has 0 saturated carbocycles. The van der Waals surface area contributed by atoms with Crippen LogP contribution in [-0.4, -0.2) is 16.7 Å². The van der Waals surface area contributed by atoms with Crippen LogP contribution in [-0.2, 0) is 4.79 Å². The fourth-order valence-corrected chi connectivity index (χ4v) is 2.64. The second-order valence-electron chi connectivity index (χ2n) is 6.55. The lowest BCUT2D eigenvalue weighted by molar-refractivity contribution is -0.384. The molecule has 0 bridgehead atoms. The number of allylic oxidation sites excluding steroid dienone is 2. The maximum Gasteiger partial charge on any atom is 0.286 e. The molecule has 3 N–H and O–H groups in total. The standard InChI is InChI=1S/C24H20N4O4/c29-23(19-11-5-2-6-12-19)25-22(13-7-10-18-8-3-1-4-9-18)24(30)27-26-20-14-16-21(17-15-20)28(31)32/h1-17,26H,(H,25,29)(H,27,30)/b10-7+,22-13+. The number of hydrogen-bond acceptors (Lipinski definition) is 5. The number of rotatable bonds is 8. The summed E-state index contributed by atoms with van der Waals surface area (Å²) in [6, 6.07) is 23.5. The van der Waals surface area contributed by atoms with Crippen molar-refractivity contribution in [3.63, 3.8) is 0 Å².